The fraction of sp³-hybridized carbons (Fsp3) is 0.600. The van der Waals surface area contributed by atoms with Crippen LogP contribution in [0.5, 0.6) is 0 Å². The van der Waals surface area contributed by atoms with E-state index in [1.165, 1.54) is 0 Å². The molecule has 0 bridgehead atoms. The number of benzene rings is 1. The summed E-state index contributed by atoms with van der Waals surface area (Å²) >= 11 is 12.3. The molecule has 2 N–H and O–H groups in total. The van der Waals surface area contributed by atoms with Gasteiger partial charge in [0.05, 0.1) is 10.0 Å². The summed E-state index contributed by atoms with van der Waals surface area (Å²) in [6, 6.07) is 5.71. The lowest BCUT2D eigenvalue weighted by molar-refractivity contribution is 0.106. The summed E-state index contributed by atoms with van der Waals surface area (Å²) in [6.45, 7) is 10.7. The second-order valence-corrected chi connectivity index (χ2v) is 6.13. The molecule has 0 fully saturated rings. The molecule has 1 rings (SSSR count). The zero-order chi connectivity index (χ0) is 14.6. The maximum absolute atomic E-state index is 6.41. The quantitative estimate of drug-likeness (QED) is 0.861. The molecule has 0 aliphatic rings. The minimum atomic E-state index is -0.0743. The lowest BCUT2D eigenvalue weighted by Gasteiger charge is -2.42. The van der Waals surface area contributed by atoms with Gasteiger partial charge in [0.2, 0.25) is 0 Å². The largest absolute Gasteiger partial charge is 0.326 e. The van der Waals surface area contributed by atoms with E-state index >= 15 is 0 Å². The SMILES string of the molecule is CCN(CC)C(C)(C)C(N)Cc1cccc(Cl)c1Cl. The highest BCUT2D eigenvalue weighted by atomic mass is 35.5. The maximum atomic E-state index is 6.41. The van der Waals surface area contributed by atoms with Crippen molar-refractivity contribution in [1.29, 1.82) is 0 Å². The topological polar surface area (TPSA) is 29.3 Å². The Labute approximate surface area is 126 Å². The van der Waals surface area contributed by atoms with E-state index in [0.717, 1.165) is 25.1 Å². The summed E-state index contributed by atoms with van der Waals surface area (Å²) in [7, 11) is 0. The van der Waals surface area contributed by atoms with Gasteiger partial charge in [-0.2, -0.15) is 0 Å². The Balaban J connectivity index is 2.89. The summed E-state index contributed by atoms with van der Waals surface area (Å²) in [5.74, 6) is 0. The number of hydrogen-bond acceptors (Lipinski definition) is 2. The minimum absolute atomic E-state index is 0.00312. The molecule has 0 saturated heterocycles. The van der Waals surface area contributed by atoms with Gasteiger partial charge in [-0.1, -0.05) is 49.2 Å². The van der Waals surface area contributed by atoms with Crippen LogP contribution in [0.15, 0.2) is 18.2 Å². The molecule has 108 valence electrons. The monoisotopic (exact) mass is 302 g/mol. The summed E-state index contributed by atoms with van der Waals surface area (Å²) < 4.78 is 0. The molecule has 4 heteroatoms. The van der Waals surface area contributed by atoms with Crippen LogP contribution < -0.4 is 5.73 Å². The predicted molar refractivity (Wildman–Crippen MR) is 85.1 cm³/mol. The van der Waals surface area contributed by atoms with Gasteiger partial charge in [0.15, 0.2) is 0 Å². The molecule has 1 aromatic rings. The molecule has 1 unspecified atom stereocenters. The van der Waals surface area contributed by atoms with Crippen molar-refractivity contribution in [2.75, 3.05) is 13.1 Å². The molecule has 0 heterocycles. The summed E-state index contributed by atoms with van der Waals surface area (Å²) in [6.07, 6.45) is 0.725. The van der Waals surface area contributed by atoms with Crippen LogP contribution in [-0.2, 0) is 6.42 Å². The van der Waals surface area contributed by atoms with Crippen LogP contribution in [0, 0.1) is 0 Å². The van der Waals surface area contributed by atoms with Gasteiger partial charge in [0, 0.05) is 11.6 Å². The average molecular weight is 303 g/mol. The number of rotatable bonds is 6. The molecule has 2 nitrogen and oxygen atoms in total. The molecule has 0 aliphatic carbocycles. The van der Waals surface area contributed by atoms with Crippen LogP contribution >= 0.6 is 23.2 Å². The normalized spacial score (nSPS) is 13.9. The Hall–Kier alpha value is -0.280. The van der Waals surface area contributed by atoms with Gasteiger partial charge in [0.1, 0.15) is 0 Å². The van der Waals surface area contributed by atoms with Crippen molar-refractivity contribution in [2.45, 2.75) is 45.7 Å². The summed E-state index contributed by atoms with van der Waals surface area (Å²) in [4.78, 5) is 2.37. The molecule has 1 aromatic carbocycles. The van der Waals surface area contributed by atoms with Crippen LogP contribution in [0.4, 0.5) is 0 Å². The van der Waals surface area contributed by atoms with E-state index in [0.29, 0.717) is 10.0 Å². The third-order valence-electron chi connectivity index (χ3n) is 3.96. The molecule has 0 spiro atoms. The molecular weight excluding hydrogens is 279 g/mol. The first-order valence-electron chi connectivity index (χ1n) is 6.78. The zero-order valence-corrected chi connectivity index (χ0v) is 13.7. The van der Waals surface area contributed by atoms with Gasteiger partial charge >= 0.3 is 0 Å². The second-order valence-electron chi connectivity index (χ2n) is 5.35. The smallest absolute Gasteiger partial charge is 0.0624 e. The van der Waals surface area contributed by atoms with E-state index in [1.807, 2.05) is 12.1 Å². The van der Waals surface area contributed by atoms with Crippen molar-refractivity contribution in [3.05, 3.63) is 33.8 Å². The van der Waals surface area contributed by atoms with E-state index in [2.05, 4.69) is 32.6 Å². The number of nitrogens with two attached hydrogens (primary N) is 1. The van der Waals surface area contributed by atoms with Crippen LogP contribution in [-0.4, -0.2) is 29.6 Å². The van der Waals surface area contributed by atoms with Crippen molar-refractivity contribution in [1.82, 2.24) is 4.90 Å². The van der Waals surface area contributed by atoms with Crippen molar-refractivity contribution in [2.24, 2.45) is 5.73 Å². The Morgan fingerprint density at radius 1 is 1.21 bits per heavy atom. The Morgan fingerprint density at radius 3 is 2.32 bits per heavy atom. The van der Waals surface area contributed by atoms with E-state index in [9.17, 15) is 0 Å². The highest BCUT2D eigenvalue weighted by molar-refractivity contribution is 6.42. The highest BCUT2D eigenvalue weighted by Gasteiger charge is 2.31. The molecule has 1 atom stereocenters. The minimum Gasteiger partial charge on any atom is -0.326 e. The van der Waals surface area contributed by atoms with Gasteiger partial charge < -0.3 is 5.73 Å². The summed E-state index contributed by atoms with van der Waals surface area (Å²) in [5.41, 5.74) is 7.35. The van der Waals surface area contributed by atoms with Gasteiger partial charge in [-0.3, -0.25) is 4.90 Å². The number of hydrogen-bond donors (Lipinski definition) is 1. The van der Waals surface area contributed by atoms with E-state index in [-0.39, 0.29) is 11.6 Å². The molecule has 19 heavy (non-hydrogen) atoms. The molecule has 0 aromatic heterocycles. The Kier molecular flexibility index (Phi) is 6.13. The van der Waals surface area contributed by atoms with E-state index in [4.69, 9.17) is 28.9 Å². The third-order valence-corrected chi connectivity index (χ3v) is 4.82. The first kappa shape index (κ1) is 16.8. The standard InChI is InChI=1S/C15H24Cl2N2/c1-5-19(6-2)15(3,4)13(18)10-11-8-7-9-12(16)14(11)17/h7-9,13H,5-6,10,18H2,1-4H3. The van der Waals surface area contributed by atoms with Crippen molar-refractivity contribution < 1.29 is 0 Å². The Morgan fingerprint density at radius 2 is 1.79 bits per heavy atom. The fourth-order valence-corrected chi connectivity index (χ4v) is 2.86. The molecule has 0 radical (unpaired) electrons. The highest BCUT2D eigenvalue weighted by Crippen LogP contribution is 2.28. The van der Waals surface area contributed by atoms with Crippen LogP contribution in [0.25, 0.3) is 0 Å². The number of nitrogens with zero attached hydrogens (tertiary/aromatic N) is 1. The number of likely N-dealkylation sites (N-methyl/N-ethyl adjacent to an activating group) is 1. The molecular formula is C15H24Cl2N2. The Bertz CT molecular complexity index is 415. The van der Waals surface area contributed by atoms with Gasteiger partial charge in [0.25, 0.3) is 0 Å². The van der Waals surface area contributed by atoms with Gasteiger partial charge in [-0.15, -0.1) is 0 Å². The lowest BCUT2D eigenvalue weighted by atomic mass is 9.88. The predicted octanol–water partition coefficient (Wildman–Crippen LogP) is 3.98. The van der Waals surface area contributed by atoms with Crippen molar-refractivity contribution in [3.8, 4) is 0 Å². The molecule has 0 aliphatic heterocycles. The molecule has 0 saturated carbocycles. The molecule has 0 amide bonds. The second kappa shape index (κ2) is 6.94. The van der Waals surface area contributed by atoms with E-state index < -0.39 is 0 Å². The average Bonchev–Trinajstić information content (AvgIpc) is 2.36. The van der Waals surface area contributed by atoms with Gasteiger partial charge in [-0.25, -0.2) is 0 Å². The van der Waals surface area contributed by atoms with Crippen LogP contribution in [0.3, 0.4) is 0 Å². The zero-order valence-electron chi connectivity index (χ0n) is 12.2. The lowest BCUT2D eigenvalue weighted by Crippen LogP contribution is -2.56. The van der Waals surface area contributed by atoms with Crippen LogP contribution in [0.2, 0.25) is 10.0 Å². The van der Waals surface area contributed by atoms with Crippen molar-refractivity contribution >= 4 is 23.2 Å². The first-order chi connectivity index (χ1) is 8.84. The summed E-state index contributed by atoms with van der Waals surface area (Å²) in [5, 5.41) is 1.21. The third kappa shape index (κ3) is 3.85. The maximum Gasteiger partial charge on any atom is 0.0624 e. The fourth-order valence-electron chi connectivity index (χ4n) is 2.47. The van der Waals surface area contributed by atoms with Crippen LogP contribution in [0.1, 0.15) is 33.3 Å². The van der Waals surface area contributed by atoms with Crippen molar-refractivity contribution in [3.63, 3.8) is 0 Å². The van der Waals surface area contributed by atoms with E-state index in [1.54, 1.807) is 6.07 Å². The number of halogens is 2. The van der Waals surface area contributed by atoms with Gasteiger partial charge in [-0.05, 0) is 45.0 Å². The first-order valence-corrected chi connectivity index (χ1v) is 7.53.